The fourth-order valence-corrected chi connectivity index (χ4v) is 2.79. The number of anilines is 2. The van der Waals surface area contributed by atoms with Crippen molar-refractivity contribution in [3.8, 4) is 0 Å². The Bertz CT molecular complexity index is 923. The molecule has 0 aliphatic heterocycles. The zero-order valence-corrected chi connectivity index (χ0v) is 17.2. The lowest BCUT2D eigenvalue weighted by Gasteiger charge is -2.10. The van der Waals surface area contributed by atoms with Crippen molar-refractivity contribution in [2.24, 2.45) is 0 Å². The summed E-state index contributed by atoms with van der Waals surface area (Å²) >= 11 is 0. The number of esters is 1. The molecule has 2 N–H and O–H groups in total. The van der Waals surface area contributed by atoms with Crippen LogP contribution >= 0.6 is 0 Å². The zero-order chi connectivity index (χ0) is 21.9. The van der Waals surface area contributed by atoms with Gasteiger partial charge in [0, 0.05) is 29.8 Å². The molecule has 0 aliphatic rings. The molecule has 0 radical (unpaired) electrons. The van der Waals surface area contributed by atoms with Gasteiger partial charge in [-0.2, -0.15) is 0 Å². The molecular formula is C23H26N2O5. The third-order valence-electron chi connectivity index (χ3n) is 4.37. The van der Waals surface area contributed by atoms with E-state index in [1.165, 1.54) is 6.92 Å². The van der Waals surface area contributed by atoms with Gasteiger partial charge in [-0.05, 0) is 43.5 Å². The summed E-state index contributed by atoms with van der Waals surface area (Å²) in [7, 11) is 0. The average Bonchev–Trinajstić information content (AvgIpc) is 2.73. The molecule has 0 fully saturated rings. The number of hydrogen-bond donors (Lipinski definition) is 2. The van der Waals surface area contributed by atoms with Gasteiger partial charge in [0.25, 0.3) is 5.91 Å². The topological polar surface area (TPSA) is 102 Å². The number of nitrogens with one attached hydrogen (secondary N) is 2. The second-order valence-corrected chi connectivity index (χ2v) is 6.76. The lowest BCUT2D eigenvalue weighted by Crippen LogP contribution is -2.21. The molecule has 0 saturated heterocycles. The Morgan fingerprint density at radius 3 is 2.40 bits per heavy atom. The summed E-state index contributed by atoms with van der Waals surface area (Å²) in [6, 6.07) is 14.1. The van der Waals surface area contributed by atoms with Crippen molar-refractivity contribution in [2.75, 3.05) is 17.2 Å². The van der Waals surface area contributed by atoms with Gasteiger partial charge in [-0.3, -0.25) is 19.2 Å². The van der Waals surface area contributed by atoms with Gasteiger partial charge in [0.1, 0.15) is 0 Å². The standard InChI is InChI=1S/C23H26N2O5/c1-3-17-8-4-5-11-20(17)25-21(27)12-7-13-23(29)30-15-22(28)24-19-10-6-9-18(14-19)16(2)26/h4-6,8-11,14H,3,7,12-13,15H2,1-2H3,(H,24,28)(H,25,27). The Morgan fingerprint density at radius 2 is 1.67 bits per heavy atom. The third-order valence-corrected chi connectivity index (χ3v) is 4.37. The SMILES string of the molecule is CCc1ccccc1NC(=O)CCCC(=O)OCC(=O)Nc1cccc(C(C)=O)c1. The van der Waals surface area contributed by atoms with Crippen molar-refractivity contribution < 1.29 is 23.9 Å². The van der Waals surface area contributed by atoms with Gasteiger partial charge in [-0.1, -0.05) is 37.3 Å². The molecule has 158 valence electrons. The number of ether oxygens (including phenoxy) is 1. The van der Waals surface area contributed by atoms with Crippen molar-refractivity contribution in [3.05, 3.63) is 59.7 Å². The number of benzene rings is 2. The fourth-order valence-electron chi connectivity index (χ4n) is 2.79. The minimum absolute atomic E-state index is 0.0376. The molecule has 2 aromatic rings. The van der Waals surface area contributed by atoms with E-state index in [0.29, 0.717) is 17.7 Å². The number of carbonyl (C=O) groups is 4. The predicted molar refractivity (Wildman–Crippen MR) is 114 cm³/mol. The number of Topliss-reactive ketones (excluding diaryl/α,β-unsaturated/α-hetero) is 1. The first kappa shape index (κ1) is 22.8. The molecule has 0 heterocycles. The lowest BCUT2D eigenvalue weighted by atomic mass is 10.1. The molecular weight excluding hydrogens is 384 g/mol. The van der Waals surface area contributed by atoms with Gasteiger partial charge in [-0.25, -0.2) is 0 Å². The quantitative estimate of drug-likeness (QED) is 0.459. The largest absolute Gasteiger partial charge is 0.456 e. The highest BCUT2D eigenvalue weighted by Crippen LogP contribution is 2.16. The molecule has 30 heavy (non-hydrogen) atoms. The summed E-state index contributed by atoms with van der Waals surface area (Å²) in [5, 5.41) is 5.42. The molecule has 0 saturated carbocycles. The van der Waals surface area contributed by atoms with E-state index >= 15 is 0 Å². The number of amides is 2. The number of carbonyl (C=O) groups excluding carboxylic acids is 4. The molecule has 0 spiro atoms. The van der Waals surface area contributed by atoms with Crippen LogP contribution in [0.2, 0.25) is 0 Å². The number of rotatable bonds is 10. The van der Waals surface area contributed by atoms with Crippen LogP contribution in [-0.2, 0) is 25.5 Å². The second-order valence-electron chi connectivity index (χ2n) is 6.76. The van der Waals surface area contributed by atoms with Gasteiger partial charge in [0.15, 0.2) is 12.4 Å². The Hall–Kier alpha value is -3.48. The minimum Gasteiger partial charge on any atom is -0.456 e. The molecule has 0 atom stereocenters. The van der Waals surface area contributed by atoms with Crippen molar-refractivity contribution in [1.29, 1.82) is 0 Å². The lowest BCUT2D eigenvalue weighted by molar-refractivity contribution is -0.147. The maximum absolute atomic E-state index is 12.1. The molecule has 7 heteroatoms. The van der Waals surface area contributed by atoms with E-state index in [-0.39, 0.29) is 24.5 Å². The highest BCUT2D eigenvalue weighted by atomic mass is 16.5. The zero-order valence-electron chi connectivity index (χ0n) is 17.2. The van der Waals surface area contributed by atoms with Crippen LogP contribution in [0.4, 0.5) is 11.4 Å². The van der Waals surface area contributed by atoms with Crippen LogP contribution in [-0.4, -0.2) is 30.2 Å². The first-order chi connectivity index (χ1) is 14.4. The molecule has 7 nitrogen and oxygen atoms in total. The van der Waals surface area contributed by atoms with Gasteiger partial charge in [-0.15, -0.1) is 0 Å². The summed E-state index contributed by atoms with van der Waals surface area (Å²) in [5.41, 5.74) is 2.75. The molecule has 0 aromatic heterocycles. The van der Waals surface area contributed by atoms with E-state index in [1.54, 1.807) is 24.3 Å². The number of hydrogen-bond acceptors (Lipinski definition) is 5. The smallest absolute Gasteiger partial charge is 0.306 e. The molecule has 2 amide bonds. The van der Waals surface area contributed by atoms with Crippen LogP contribution in [0.5, 0.6) is 0 Å². The highest BCUT2D eigenvalue weighted by Gasteiger charge is 2.11. The van der Waals surface area contributed by atoms with E-state index in [0.717, 1.165) is 17.7 Å². The van der Waals surface area contributed by atoms with Crippen LogP contribution in [0.1, 0.15) is 49.0 Å². The third kappa shape index (κ3) is 7.50. The Morgan fingerprint density at radius 1 is 0.900 bits per heavy atom. The molecule has 0 bridgehead atoms. The van der Waals surface area contributed by atoms with E-state index in [2.05, 4.69) is 10.6 Å². The minimum atomic E-state index is -0.551. The molecule has 2 aromatic carbocycles. The van der Waals surface area contributed by atoms with Gasteiger partial charge in [0.05, 0.1) is 0 Å². The van der Waals surface area contributed by atoms with Crippen molar-refractivity contribution in [1.82, 2.24) is 0 Å². The Labute approximate surface area is 175 Å². The van der Waals surface area contributed by atoms with Crippen LogP contribution in [0.3, 0.4) is 0 Å². The molecule has 0 aliphatic carbocycles. The first-order valence-electron chi connectivity index (χ1n) is 9.83. The van der Waals surface area contributed by atoms with Crippen molar-refractivity contribution in [3.63, 3.8) is 0 Å². The van der Waals surface area contributed by atoms with Crippen LogP contribution < -0.4 is 10.6 Å². The molecule has 0 unspecified atom stereocenters. The second kappa shape index (κ2) is 11.5. The highest BCUT2D eigenvalue weighted by molar-refractivity contribution is 5.97. The van der Waals surface area contributed by atoms with Gasteiger partial charge >= 0.3 is 5.97 Å². The predicted octanol–water partition coefficient (Wildman–Crippen LogP) is 3.74. The number of ketones is 1. The van der Waals surface area contributed by atoms with Crippen molar-refractivity contribution in [2.45, 2.75) is 39.5 Å². The van der Waals surface area contributed by atoms with Crippen LogP contribution in [0.25, 0.3) is 0 Å². The Kier molecular flexibility index (Phi) is 8.75. The van der Waals surface area contributed by atoms with E-state index in [1.807, 2.05) is 31.2 Å². The monoisotopic (exact) mass is 410 g/mol. The normalized spacial score (nSPS) is 10.2. The maximum atomic E-state index is 12.1. The summed E-state index contributed by atoms with van der Waals surface area (Å²) in [6.45, 7) is 3.02. The van der Waals surface area contributed by atoms with Gasteiger partial charge < -0.3 is 15.4 Å². The Balaban J connectivity index is 1.68. The summed E-state index contributed by atoms with van der Waals surface area (Å²) in [4.78, 5) is 47.1. The maximum Gasteiger partial charge on any atom is 0.306 e. The molecule has 2 rings (SSSR count). The van der Waals surface area contributed by atoms with E-state index in [4.69, 9.17) is 4.74 Å². The van der Waals surface area contributed by atoms with Crippen LogP contribution in [0, 0.1) is 0 Å². The van der Waals surface area contributed by atoms with E-state index in [9.17, 15) is 19.2 Å². The van der Waals surface area contributed by atoms with Crippen LogP contribution in [0.15, 0.2) is 48.5 Å². The van der Waals surface area contributed by atoms with Gasteiger partial charge in [0.2, 0.25) is 5.91 Å². The summed E-state index contributed by atoms with van der Waals surface area (Å²) in [5.74, 6) is -1.34. The van der Waals surface area contributed by atoms with E-state index < -0.39 is 18.5 Å². The first-order valence-corrected chi connectivity index (χ1v) is 9.83. The average molecular weight is 410 g/mol. The number of para-hydroxylation sites is 1. The fraction of sp³-hybridized carbons (Fsp3) is 0.304. The summed E-state index contributed by atoms with van der Waals surface area (Å²) < 4.78 is 4.94. The van der Waals surface area contributed by atoms with Crippen molar-refractivity contribution >= 4 is 34.9 Å². The summed E-state index contributed by atoms with van der Waals surface area (Å²) in [6.07, 6.45) is 1.35. The number of aryl methyl sites for hydroxylation is 1.